The maximum Gasteiger partial charge on any atom is 0.119 e. The van der Waals surface area contributed by atoms with Crippen LogP contribution in [0.15, 0.2) is 18.2 Å². The molecule has 20 heavy (non-hydrogen) atoms. The maximum absolute atomic E-state index is 6.08. The molecule has 1 heterocycles. The molecule has 1 aromatic rings. The van der Waals surface area contributed by atoms with Crippen LogP contribution in [0.3, 0.4) is 0 Å². The van der Waals surface area contributed by atoms with E-state index in [0.29, 0.717) is 5.41 Å². The second-order valence-electron chi connectivity index (χ2n) is 6.05. The average molecular weight is 276 g/mol. The van der Waals surface area contributed by atoms with Gasteiger partial charge in [0.25, 0.3) is 0 Å². The van der Waals surface area contributed by atoms with Crippen molar-refractivity contribution in [3.8, 4) is 5.75 Å². The third-order valence-corrected chi connectivity index (χ3v) is 5.16. The minimum Gasteiger partial charge on any atom is -0.497 e. The molecule has 3 heteroatoms. The average Bonchev–Trinajstić information content (AvgIpc) is 2.50. The first-order valence-corrected chi connectivity index (χ1v) is 7.77. The van der Waals surface area contributed by atoms with Gasteiger partial charge in [-0.1, -0.05) is 26.7 Å². The van der Waals surface area contributed by atoms with Crippen LogP contribution in [0.4, 0.5) is 5.69 Å². The van der Waals surface area contributed by atoms with Gasteiger partial charge in [0.15, 0.2) is 0 Å². The van der Waals surface area contributed by atoms with Crippen molar-refractivity contribution in [2.24, 2.45) is 5.41 Å². The van der Waals surface area contributed by atoms with E-state index in [1.54, 1.807) is 7.11 Å². The molecule has 1 aliphatic rings. The largest absolute Gasteiger partial charge is 0.497 e. The molecule has 0 atom stereocenters. The first-order valence-electron chi connectivity index (χ1n) is 7.77. The number of nitrogens with two attached hydrogens (primary N) is 1. The van der Waals surface area contributed by atoms with Crippen molar-refractivity contribution in [1.82, 2.24) is 4.90 Å². The minimum atomic E-state index is 0.580. The number of likely N-dealkylation sites (tertiary alicyclic amines) is 1. The summed E-state index contributed by atoms with van der Waals surface area (Å²) in [5.41, 5.74) is 8.72. The maximum atomic E-state index is 6.08. The van der Waals surface area contributed by atoms with Crippen LogP contribution in [0.2, 0.25) is 0 Å². The van der Waals surface area contributed by atoms with Crippen LogP contribution in [-0.2, 0) is 6.54 Å². The van der Waals surface area contributed by atoms with Crippen LogP contribution in [0, 0.1) is 5.41 Å². The van der Waals surface area contributed by atoms with Crippen LogP contribution in [-0.4, -0.2) is 25.1 Å². The predicted octanol–water partition coefficient (Wildman–Crippen LogP) is 3.68. The summed E-state index contributed by atoms with van der Waals surface area (Å²) in [6, 6.07) is 5.94. The molecular formula is C17H28N2O. The van der Waals surface area contributed by atoms with Crippen molar-refractivity contribution >= 4 is 5.69 Å². The SMILES string of the molecule is CCC1(CC)CCN(Cc2cc(OC)ccc2N)CC1. The van der Waals surface area contributed by atoms with Crippen LogP contribution in [0.25, 0.3) is 0 Å². The van der Waals surface area contributed by atoms with Crippen LogP contribution >= 0.6 is 0 Å². The molecule has 0 saturated carbocycles. The van der Waals surface area contributed by atoms with E-state index in [0.717, 1.165) is 18.0 Å². The Morgan fingerprint density at radius 3 is 2.40 bits per heavy atom. The quantitative estimate of drug-likeness (QED) is 0.834. The van der Waals surface area contributed by atoms with Gasteiger partial charge in [-0.05, 0) is 55.1 Å². The number of nitrogen functional groups attached to an aromatic ring is 1. The van der Waals surface area contributed by atoms with Gasteiger partial charge in [-0.2, -0.15) is 0 Å². The molecule has 1 fully saturated rings. The second kappa shape index (κ2) is 6.49. The highest BCUT2D eigenvalue weighted by Crippen LogP contribution is 2.38. The fraction of sp³-hybridized carbons (Fsp3) is 0.647. The topological polar surface area (TPSA) is 38.5 Å². The molecule has 0 bridgehead atoms. The Kier molecular flexibility index (Phi) is 4.92. The molecule has 1 saturated heterocycles. The van der Waals surface area contributed by atoms with E-state index in [4.69, 9.17) is 10.5 Å². The molecule has 0 radical (unpaired) electrons. The summed E-state index contributed by atoms with van der Waals surface area (Å²) in [6.07, 6.45) is 5.23. The monoisotopic (exact) mass is 276 g/mol. The predicted molar refractivity (Wildman–Crippen MR) is 84.9 cm³/mol. The van der Waals surface area contributed by atoms with E-state index < -0.39 is 0 Å². The van der Waals surface area contributed by atoms with Crippen LogP contribution in [0.5, 0.6) is 5.75 Å². The third kappa shape index (κ3) is 3.26. The lowest BCUT2D eigenvalue weighted by molar-refractivity contribution is 0.0910. The Morgan fingerprint density at radius 1 is 1.20 bits per heavy atom. The zero-order valence-corrected chi connectivity index (χ0v) is 13.1. The number of anilines is 1. The summed E-state index contributed by atoms with van der Waals surface area (Å²) in [5.74, 6) is 0.891. The molecule has 1 aliphatic heterocycles. The number of benzene rings is 1. The molecule has 0 spiro atoms. The first kappa shape index (κ1) is 15.2. The standard InChI is InChI=1S/C17H28N2O/c1-4-17(5-2)8-10-19(11-9-17)13-14-12-15(20-3)6-7-16(14)18/h6-7,12H,4-5,8-11,13,18H2,1-3H3. The zero-order chi connectivity index (χ0) is 14.6. The van der Waals surface area contributed by atoms with Crippen molar-refractivity contribution in [2.45, 2.75) is 46.1 Å². The number of nitrogens with zero attached hydrogens (tertiary/aromatic N) is 1. The third-order valence-electron chi connectivity index (χ3n) is 5.16. The van der Waals surface area contributed by atoms with E-state index in [1.165, 1.54) is 44.3 Å². The normalized spacial score (nSPS) is 18.9. The van der Waals surface area contributed by atoms with E-state index in [9.17, 15) is 0 Å². The van der Waals surface area contributed by atoms with Crippen molar-refractivity contribution in [3.63, 3.8) is 0 Å². The van der Waals surface area contributed by atoms with Crippen LogP contribution in [0.1, 0.15) is 45.1 Å². The van der Waals surface area contributed by atoms with E-state index in [-0.39, 0.29) is 0 Å². The van der Waals surface area contributed by atoms with Gasteiger partial charge in [-0.25, -0.2) is 0 Å². The Hall–Kier alpha value is -1.22. The number of piperidine rings is 1. The molecule has 3 nitrogen and oxygen atoms in total. The lowest BCUT2D eigenvalue weighted by Gasteiger charge is -2.41. The second-order valence-corrected chi connectivity index (χ2v) is 6.05. The molecule has 2 N–H and O–H groups in total. The molecule has 112 valence electrons. The van der Waals surface area contributed by atoms with Crippen LogP contribution < -0.4 is 10.5 Å². The van der Waals surface area contributed by atoms with Gasteiger partial charge in [0.1, 0.15) is 5.75 Å². The molecule has 0 aromatic heterocycles. The smallest absolute Gasteiger partial charge is 0.119 e. The fourth-order valence-electron chi connectivity index (χ4n) is 3.23. The Morgan fingerprint density at radius 2 is 1.85 bits per heavy atom. The van der Waals surface area contributed by atoms with Crippen molar-refractivity contribution in [1.29, 1.82) is 0 Å². The number of hydrogen-bond donors (Lipinski definition) is 1. The van der Waals surface area contributed by atoms with Gasteiger partial charge in [-0.3, -0.25) is 4.90 Å². The fourth-order valence-corrected chi connectivity index (χ4v) is 3.23. The lowest BCUT2D eigenvalue weighted by atomic mass is 9.74. The minimum absolute atomic E-state index is 0.580. The van der Waals surface area contributed by atoms with Gasteiger partial charge in [0.2, 0.25) is 0 Å². The summed E-state index contributed by atoms with van der Waals surface area (Å²) in [5, 5.41) is 0. The zero-order valence-electron chi connectivity index (χ0n) is 13.1. The van der Waals surface area contributed by atoms with E-state index >= 15 is 0 Å². The highest BCUT2D eigenvalue weighted by molar-refractivity contribution is 5.50. The molecule has 0 unspecified atom stereocenters. The van der Waals surface area contributed by atoms with Crippen molar-refractivity contribution in [3.05, 3.63) is 23.8 Å². The number of methoxy groups -OCH3 is 1. The summed E-state index contributed by atoms with van der Waals surface area (Å²) in [7, 11) is 1.70. The van der Waals surface area contributed by atoms with E-state index in [1.807, 2.05) is 12.1 Å². The highest BCUT2D eigenvalue weighted by atomic mass is 16.5. The first-order chi connectivity index (χ1) is 9.62. The van der Waals surface area contributed by atoms with Gasteiger partial charge < -0.3 is 10.5 Å². The van der Waals surface area contributed by atoms with Gasteiger partial charge in [0, 0.05) is 12.2 Å². The summed E-state index contributed by atoms with van der Waals surface area (Å²) in [6.45, 7) is 7.96. The lowest BCUT2D eigenvalue weighted by Crippen LogP contribution is -2.39. The summed E-state index contributed by atoms with van der Waals surface area (Å²) < 4.78 is 5.29. The molecule has 0 aliphatic carbocycles. The molecule has 2 rings (SSSR count). The Bertz CT molecular complexity index is 431. The molecule has 1 aromatic carbocycles. The van der Waals surface area contributed by atoms with E-state index in [2.05, 4.69) is 24.8 Å². The number of ether oxygens (including phenoxy) is 1. The van der Waals surface area contributed by atoms with Crippen molar-refractivity contribution in [2.75, 3.05) is 25.9 Å². The number of rotatable bonds is 5. The Balaban J connectivity index is 1.99. The molecule has 0 amide bonds. The van der Waals surface area contributed by atoms with Gasteiger partial charge in [-0.15, -0.1) is 0 Å². The Labute approximate surface area is 123 Å². The summed E-state index contributed by atoms with van der Waals surface area (Å²) >= 11 is 0. The highest BCUT2D eigenvalue weighted by Gasteiger charge is 2.31. The van der Waals surface area contributed by atoms with Gasteiger partial charge >= 0.3 is 0 Å². The van der Waals surface area contributed by atoms with Gasteiger partial charge in [0.05, 0.1) is 7.11 Å². The summed E-state index contributed by atoms with van der Waals surface area (Å²) in [4.78, 5) is 2.52. The van der Waals surface area contributed by atoms with Crippen molar-refractivity contribution < 1.29 is 4.74 Å². The molecular weight excluding hydrogens is 248 g/mol. The number of hydrogen-bond acceptors (Lipinski definition) is 3.